The molecule has 2 aliphatic heterocycles. The Bertz CT molecular complexity index is 1070. The van der Waals surface area contributed by atoms with Crippen molar-refractivity contribution in [3.05, 3.63) is 47.5 Å². The SMILES string of the molecule is O=C(O)CC(CC(=O)OC(=O)CC(CC(=O)O)c1ccc2c(c1)OCO2)c1ccc2c(c1)OCO2. The van der Waals surface area contributed by atoms with Crippen LogP contribution in [0.3, 0.4) is 0 Å². The van der Waals surface area contributed by atoms with E-state index < -0.39 is 35.7 Å². The maximum absolute atomic E-state index is 12.5. The summed E-state index contributed by atoms with van der Waals surface area (Å²) < 4.78 is 26.0. The number of esters is 2. The first-order chi connectivity index (χ1) is 16.8. The van der Waals surface area contributed by atoms with Crippen LogP contribution < -0.4 is 18.9 Å². The molecule has 11 nitrogen and oxygen atoms in total. The molecule has 2 N–H and O–H groups in total. The second-order valence-electron chi connectivity index (χ2n) is 8.07. The van der Waals surface area contributed by atoms with E-state index in [1.807, 2.05) is 0 Å². The number of benzene rings is 2. The molecule has 11 heteroatoms. The third-order valence-electron chi connectivity index (χ3n) is 5.63. The Kier molecular flexibility index (Phi) is 7.04. The molecule has 0 radical (unpaired) electrons. The van der Waals surface area contributed by atoms with E-state index >= 15 is 0 Å². The van der Waals surface area contributed by atoms with Gasteiger partial charge in [-0.3, -0.25) is 19.2 Å². The molecule has 0 aliphatic carbocycles. The largest absolute Gasteiger partial charge is 0.481 e. The van der Waals surface area contributed by atoms with Gasteiger partial charge in [0.1, 0.15) is 0 Å². The van der Waals surface area contributed by atoms with Gasteiger partial charge in [-0.1, -0.05) is 12.1 Å². The van der Waals surface area contributed by atoms with Crippen LogP contribution in [0.15, 0.2) is 36.4 Å². The van der Waals surface area contributed by atoms with E-state index in [4.69, 9.17) is 23.7 Å². The highest BCUT2D eigenvalue weighted by Crippen LogP contribution is 2.38. The zero-order valence-electron chi connectivity index (χ0n) is 18.4. The second-order valence-corrected chi connectivity index (χ2v) is 8.07. The number of carboxylic acid groups (broad SMARTS) is 2. The fraction of sp³-hybridized carbons (Fsp3) is 0.333. The number of carboxylic acids is 2. The van der Waals surface area contributed by atoms with E-state index in [0.29, 0.717) is 34.1 Å². The third-order valence-corrected chi connectivity index (χ3v) is 5.63. The molecule has 0 saturated heterocycles. The number of aliphatic carboxylic acids is 2. The summed E-state index contributed by atoms with van der Waals surface area (Å²) in [4.78, 5) is 47.7. The fourth-order valence-electron chi connectivity index (χ4n) is 3.98. The molecule has 184 valence electrons. The molecular weight excluding hydrogens is 464 g/mol. The summed E-state index contributed by atoms with van der Waals surface area (Å²) in [5.74, 6) is -3.76. The molecule has 2 heterocycles. The molecule has 2 aromatic carbocycles. The molecule has 2 unspecified atom stereocenters. The number of rotatable bonds is 10. The Hall–Kier alpha value is -4.28. The smallest absolute Gasteiger partial charge is 0.314 e. The van der Waals surface area contributed by atoms with Crippen LogP contribution in [-0.2, 0) is 23.9 Å². The van der Waals surface area contributed by atoms with Gasteiger partial charge in [0.15, 0.2) is 23.0 Å². The molecule has 0 bridgehead atoms. The van der Waals surface area contributed by atoms with Crippen LogP contribution >= 0.6 is 0 Å². The van der Waals surface area contributed by atoms with Crippen molar-refractivity contribution < 1.29 is 53.1 Å². The van der Waals surface area contributed by atoms with Crippen LogP contribution in [0.1, 0.15) is 48.6 Å². The van der Waals surface area contributed by atoms with Crippen molar-refractivity contribution in [2.45, 2.75) is 37.5 Å². The summed E-state index contributed by atoms with van der Waals surface area (Å²) >= 11 is 0. The van der Waals surface area contributed by atoms with Crippen molar-refractivity contribution in [3.63, 3.8) is 0 Å². The minimum absolute atomic E-state index is 0.0415. The minimum Gasteiger partial charge on any atom is -0.481 e. The van der Waals surface area contributed by atoms with E-state index in [0.717, 1.165) is 0 Å². The molecule has 2 aliphatic rings. The molecule has 4 rings (SSSR count). The van der Waals surface area contributed by atoms with Crippen molar-refractivity contribution in [2.24, 2.45) is 0 Å². The lowest BCUT2D eigenvalue weighted by Crippen LogP contribution is -2.19. The number of hydrogen-bond donors (Lipinski definition) is 2. The first kappa shape index (κ1) is 23.9. The summed E-state index contributed by atoms with van der Waals surface area (Å²) in [6, 6.07) is 9.66. The molecule has 0 amide bonds. The number of ether oxygens (including phenoxy) is 5. The standard InChI is InChI=1S/C24H22O11/c25-21(26)7-15(13-1-3-17-19(5-13)33-11-31-17)9-23(29)35-24(30)10-16(8-22(27)28)14-2-4-18-20(6-14)34-12-32-18/h1-6,15-16H,7-12H2,(H,25,26)(H,27,28). The van der Waals surface area contributed by atoms with Gasteiger partial charge in [-0.2, -0.15) is 0 Å². The van der Waals surface area contributed by atoms with Crippen LogP contribution in [0.4, 0.5) is 0 Å². The predicted molar refractivity (Wildman–Crippen MR) is 115 cm³/mol. The lowest BCUT2D eigenvalue weighted by Gasteiger charge is -2.17. The van der Waals surface area contributed by atoms with Crippen LogP contribution in [0.5, 0.6) is 23.0 Å². The summed E-state index contributed by atoms with van der Waals surface area (Å²) in [7, 11) is 0. The van der Waals surface area contributed by atoms with Gasteiger partial charge in [-0.25, -0.2) is 0 Å². The summed E-state index contributed by atoms with van der Waals surface area (Å²) in [5.41, 5.74) is 1.04. The van der Waals surface area contributed by atoms with Crippen molar-refractivity contribution >= 4 is 23.9 Å². The van der Waals surface area contributed by atoms with Gasteiger partial charge in [-0.15, -0.1) is 0 Å². The zero-order valence-corrected chi connectivity index (χ0v) is 18.4. The highest BCUT2D eigenvalue weighted by molar-refractivity contribution is 5.87. The van der Waals surface area contributed by atoms with E-state index in [1.54, 1.807) is 36.4 Å². The molecule has 0 aromatic heterocycles. The van der Waals surface area contributed by atoms with Gasteiger partial charge in [0.25, 0.3) is 0 Å². The monoisotopic (exact) mass is 486 g/mol. The molecule has 35 heavy (non-hydrogen) atoms. The summed E-state index contributed by atoms with van der Waals surface area (Å²) in [5, 5.41) is 18.6. The maximum Gasteiger partial charge on any atom is 0.314 e. The second kappa shape index (κ2) is 10.3. The number of carbonyl (C=O) groups excluding carboxylic acids is 2. The molecular formula is C24H22O11. The highest BCUT2D eigenvalue weighted by atomic mass is 16.7. The molecule has 0 fully saturated rings. The molecule has 0 spiro atoms. The highest BCUT2D eigenvalue weighted by Gasteiger charge is 2.27. The normalized spacial score (nSPS) is 14.7. The lowest BCUT2D eigenvalue weighted by molar-refractivity contribution is -0.160. The van der Waals surface area contributed by atoms with E-state index in [-0.39, 0.29) is 39.3 Å². The van der Waals surface area contributed by atoms with E-state index in [2.05, 4.69) is 0 Å². The Balaban J connectivity index is 1.41. The maximum atomic E-state index is 12.5. The van der Waals surface area contributed by atoms with Gasteiger partial charge in [0.2, 0.25) is 13.6 Å². The first-order valence-electron chi connectivity index (χ1n) is 10.7. The number of fused-ring (bicyclic) bond motifs is 2. The summed E-state index contributed by atoms with van der Waals surface area (Å²) in [6.07, 6.45) is -1.49. The van der Waals surface area contributed by atoms with Gasteiger partial charge >= 0.3 is 23.9 Å². The van der Waals surface area contributed by atoms with Crippen LogP contribution in [-0.4, -0.2) is 47.7 Å². The van der Waals surface area contributed by atoms with Crippen LogP contribution in [0, 0.1) is 0 Å². The Morgan fingerprint density at radius 2 is 1.06 bits per heavy atom. The van der Waals surface area contributed by atoms with Crippen molar-refractivity contribution in [2.75, 3.05) is 13.6 Å². The summed E-state index contributed by atoms with van der Waals surface area (Å²) in [6.45, 7) is 0.0829. The number of hydrogen-bond acceptors (Lipinski definition) is 9. The van der Waals surface area contributed by atoms with E-state index in [9.17, 15) is 29.4 Å². The average Bonchev–Trinajstić information content (AvgIpc) is 3.45. The Morgan fingerprint density at radius 1 is 0.657 bits per heavy atom. The number of carbonyl (C=O) groups is 4. The van der Waals surface area contributed by atoms with Gasteiger partial charge in [0, 0.05) is 11.8 Å². The topological polar surface area (TPSA) is 155 Å². The van der Waals surface area contributed by atoms with Gasteiger partial charge in [0.05, 0.1) is 25.7 Å². The minimum atomic E-state index is -1.13. The molecule has 2 atom stereocenters. The van der Waals surface area contributed by atoms with Gasteiger partial charge in [-0.05, 0) is 35.4 Å². The van der Waals surface area contributed by atoms with Crippen LogP contribution in [0.2, 0.25) is 0 Å². The van der Waals surface area contributed by atoms with E-state index in [1.165, 1.54) is 0 Å². The third kappa shape index (κ3) is 5.99. The van der Waals surface area contributed by atoms with Crippen molar-refractivity contribution in [1.82, 2.24) is 0 Å². The lowest BCUT2D eigenvalue weighted by atomic mass is 9.91. The molecule has 0 saturated carbocycles. The first-order valence-corrected chi connectivity index (χ1v) is 10.7. The predicted octanol–water partition coefficient (Wildman–Crippen LogP) is 2.81. The Labute approximate surface area is 199 Å². The fourth-order valence-corrected chi connectivity index (χ4v) is 3.98. The van der Waals surface area contributed by atoms with Crippen LogP contribution in [0.25, 0.3) is 0 Å². The molecule has 2 aromatic rings. The van der Waals surface area contributed by atoms with Crippen molar-refractivity contribution in [1.29, 1.82) is 0 Å². The van der Waals surface area contributed by atoms with Gasteiger partial charge < -0.3 is 33.9 Å². The zero-order chi connectivity index (χ0) is 24.9. The van der Waals surface area contributed by atoms with Crippen molar-refractivity contribution in [3.8, 4) is 23.0 Å². The average molecular weight is 486 g/mol. The quantitative estimate of drug-likeness (QED) is 0.376. The Morgan fingerprint density at radius 3 is 1.46 bits per heavy atom.